The Morgan fingerprint density at radius 3 is 1.50 bits per heavy atom. The zero-order chi connectivity index (χ0) is 15.9. The number of rotatable bonds is 7. The quantitative estimate of drug-likeness (QED) is 0.426. The van der Waals surface area contributed by atoms with Crippen LogP contribution in [0.1, 0.15) is 38.5 Å². The van der Waals surface area contributed by atoms with Gasteiger partial charge in [-0.05, 0) is 50.4 Å². The second-order valence-electron chi connectivity index (χ2n) is 6.87. The monoisotopic (exact) mass is 308 g/mol. The third-order valence-electron chi connectivity index (χ3n) is 5.32. The van der Waals surface area contributed by atoms with E-state index in [0.717, 1.165) is 51.6 Å². The molecule has 0 heterocycles. The average molecular weight is 308 g/mol. The third kappa shape index (κ3) is 4.92. The Bertz CT molecular complexity index is 327. The number of allylic oxidation sites excluding steroid dienone is 2. The highest BCUT2D eigenvalue weighted by Crippen LogP contribution is 2.26. The van der Waals surface area contributed by atoms with Gasteiger partial charge in [0.15, 0.2) is 0 Å². The number of aliphatic hydroxyl groups is 2. The molecule has 2 fully saturated rings. The number of hydrogen-bond donors (Lipinski definition) is 4. The molecule has 0 aliphatic heterocycles. The van der Waals surface area contributed by atoms with E-state index in [2.05, 4.69) is 23.8 Å². The summed E-state index contributed by atoms with van der Waals surface area (Å²) >= 11 is 0. The number of nitrogens with one attached hydrogen (secondary N) is 2. The Balaban J connectivity index is 1.61. The zero-order valence-electron chi connectivity index (χ0n) is 13.6. The van der Waals surface area contributed by atoms with Crippen LogP contribution in [0.2, 0.25) is 0 Å². The van der Waals surface area contributed by atoms with Crippen molar-refractivity contribution in [3.05, 3.63) is 25.3 Å². The molecule has 22 heavy (non-hydrogen) atoms. The molecule has 0 aromatic carbocycles. The first-order chi connectivity index (χ1) is 10.6. The van der Waals surface area contributed by atoms with Crippen molar-refractivity contribution in [3.63, 3.8) is 0 Å². The Hall–Kier alpha value is -0.680. The van der Waals surface area contributed by atoms with Gasteiger partial charge in [0.2, 0.25) is 0 Å². The van der Waals surface area contributed by atoms with Crippen LogP contribution in [0.5, 0.6) is 0 Å². The maximum atomic E-state index is 10.1. The standard InChI is InChI=1S/C18H32N2O2/c1-3-13-5-7-15(17(21)11-13)19-9-10-20-16-8-6-14(4-2)12-18(16)22/h3-4,13-22H,1-2,5-12H2. The van der Waals surface area contributed by atoms with Crippen molar-refractivity contribution >= 4 is 0 Å². The van der Waals surface area contributed by atoms with Crippen LogP contribution >= 0.6 is 0 Å². The second-order valence-corrected chi connectivity index (χ2v) is 6.87. The molecule has 2 aliphatic rings. The fraction of sp³-hybridized carbons (Fsp3) is 0.778. The normalized spacial score (nSPS) is 39.4. The maximum absolute atomic E-state index is 10.1. The van der Waals surface area contributed by atoms with Crippen molar-refractivity contribution in [3.8, 4) is 0 Å². The molecular formula is C18H32N2O2. The Kier molecular flexibility index (Phi) is 7.09. The molecule has 0 bridgehead atoms. The van der Waals surface area contributed by atoms with E-state index in [-0.39, 0.29) is 24.3 Å². The topological polar surface area (TPSA) is 64.5 Å². The van der Waals surface area contributed by atoms with Gasteiger partial charge in [-0.1, -0.05) is 12.2 Å². The van der Waals surface area contributed by atoms with Crippen molar-refractivity contribution in [2.45, 2.75) is 62.8 Å². The lowest BCUT2D eigenvalue weighted by molar-refractivity contribution is 0.0695. The minimum absolute atomic E-state index is 0.194. The summed E-state index contributed by atoms with van der Waals surface area (Å²) in [5.41, 5.74) is 0. The zero-order valence-corrected chi connectivity index (χ0v) is 13.6. The number of aliphatic hydroxyl groups excluding tert-OH is 2. The lowest BCUT2D eigenvalue weighted by Gasteiger charge is -2.34. The summed E-state index contributed by atoms with van der Waals surface area (Å²) in [6.07, 6.45) is 9.24. The summed E-state index contributed by atoms with van der Waals surface area (Å²) in [4.78, 5) is 0. The van der Waals surface area contributed by atoms with Crippen molar-refractivity contribution in [2.75, 3.05) is 13.1 Å². The minimum atomic E-state index is -0.273. The lowest BCUT2D eigenvalue weighted by Crippen LogP contribution is -2.49. The average Bonchev–Trinajstić information content (AvgIpc) is 2.53. The third-order valence-corrected chi connectivity index (χ3v) is 5.32. The Labute approximate surface area is 134 Å². The first kappa shape index (κ1) is 17.7. The van der Waals surface area contributed by atoms with E-state index >= 15 is 0 Å². The van der Waals surface area contributed by atoms with E-state index in [1.165, 1.54) is 0 Å². The molecule has 6 unspecified atom stereocenters. The number of hydrogen-bond acceptors (Lipinski definition) is 4. The van der Waals surface area contributed by atoms with Gasteiger partial charge in [-0.25, -0.2) is 0 Å². The molecule has 0 aromatic heterocycles. The molecule has 4 N–H and O–H groups in total. The van der Waals surface area contributed by atoms with E-state index in [1.54, 1.807) is 0 Å². The molecule has 0 spiro atoms. The predicted molar refractivity (Wildman–Crippen MR) is 90.7 cm³/mol. The van der Waals surface area contributed by atoms with Crippen LogP contribution < -0.4 is 10.6 Å². The minimum Gasteiger partial charge on any atom is -0.391 e. The van der Waals surface area contributed by atoms with Gasteiger partial charge in [-0.15, -0.1) is 13.2 Å². The fourth-order valence-corrected chi connectivity index (χ4v) is 3.78. The highest BCUT2D eigenvalue weighted by Gasteiger charge is 2.28. The van der Waals surface area contributed by atoms with Gasteiger partial charge in [-0.3, -0.25) is 0 Å². The van der Waals surface area contributed by atoms with E-state index in [4.69, 9.17) is 0 Å². The smallest absolute Gasteiger partial charge is 0.0698 e. The van der Waals surface area contributed by atoms with Gasteiger partial charge in [0.05, 0.1) is 12.2 Å². The highest BCUT2D eigenvalue weighted by atomic mass is 16.3. The largest absolute Gasteiger partial charge is 0.391 e. The summed E-state index contributed by atoms with van der Waals surface area (Å²) in [6, 6.07) is 0.388. The lowest BCUT2D eigenvalue weighted by atomic mass is 9.84. The van der Waals surface area contributed by atoms with Crippen LogP contribution in [0.4, 0.5) is 0 Å². The van der Waals surface area contributed by atoms with Crippen LogP contribution in [-0.2, 0) is 0 Å². The van der Waals surface area contributed by atoms with Crippen LogP contribution in [0.3, 0.4) is 0 Å². The first-order valence-electron chi connectivity index (χ1n) is 8.72. The summed E-state index contributed by atoms with van der Waals surface area (Å²) in [5, 5.41) is 27.2. The maximum Gasteiger partial charge on any atom is 0.0698 e. The fourth-order valence-electron chi connectivity index (χ4n) is 3.78. The van der Waals surface area contributed by atoms with Gasteiger partial charge in [0.25, 0.3) is 0 Å². The van der Waals surface area contributed by atoms with E-state index < -0.39 is 0 Å². The van der Waals surface area contributed by atoms with Gasteiger partial charge in [-0.2, -0.15) is 0 Å². The van der Waals surface area contributed by atoms with Crippen molar-refractivity contribution in [2.24, 2.45) is 11.8 Å². The molecule has 2 aliphatic carbocycles. The van der Waals surface area contributed by atoms with Gasteiger partial charge < -0.3 is 20.8 Å². The SMILES string of the molecule is C=CC1CCC(NCCNC2CCC(C=C)CC2O)C(O)C1. The van der Waals surface area contributed by atoms with E-state index in [1.807, 2.05) is 12.2 Å². The van der Waals surface area contributed by atoms with Crippen molar-refractivity contribution in [1.82, 2.24) is 10.6 Å². The van der Waals surface area contributed by atoms with Crippen molar-refractivity contribution in [1.29, 1.82) is 0 Å². The molecule has 4 heteroatoms. The molecule has 0 saturated heterocycles. The molecule has 2 rings (SSSR count). The van der Waals surface area contributed by atoms with Crippen LogP contribution in [0, 0.1) is 11.8 Å². The Morgan fingerprint density at radius 2 is 1.18 bits per heavy atom. The van der Waals surface area contributed by atoms with E-state index in [0.29, 0.717) is 11.8 Å². The first-order valence-corrected chi connectivity index (χ1v) is 8.72. The molecule has 2 saturated carbocycles. The van der Waals surface area contributed by atoms with Crippen LogP contribution in [0.25, 0.3) is 0 Å². The molecule has 4 nitrogen and oxygen atoms in total. The second kappa shape index (κ2) is 8.82. The van der Waals surface area contributed by atoms with Crippen molar-refractivity contribution < 1.29 is 10.2 Å². The van der Waals surface area contributed by atoms with Crippen LogP contribution in [-0.4, -0.2) is 47.6 Å². The van der Waals surface area contributed by atoms with Gasteiger partial charge in [0.1, 0.15) is 0 Å². The molecule has 6 atom stereocenters. The molecule has 0 aromatic rings. The molecule has 0 amide bonds. The van der Waals surface area contributed by atoms with Gasteiger partial charge in [0, 0.05) is 25.2 Å². The summed E-state index contributed by atoms with van der Waals surface area (Å²) in [7, 11) is 0. The summed E-state index contributed by atoms with van der Waals surface area (Å²) < 4.78 is 0. The molecular weight excluding hydrogens is 276 g/mol. The molecule has 126 valence electrons. The molecule has 0 radical (unpaired) electrons. The van der Waals surface area contributed by atoms with E-state index in [9.17, 15) is 10.2 Å². The van der Waals surface area contributed by atoms with Gasteiger partial charge >= 0.3 is 0 Å². The highest BCUT2D eigenvalue weighted by molar-refractivity contribution is 4.93. The predicted octanol–water partition coefficient (Wildman–Crippen LogP) is 1.60. The summed E-state index contributed by atoms with van der Waals surface area (Å²) in [6.45, 7) is 9.29. The Morgan fingerprint density at radius 1 is 0.773 bits per heavy atom. The van der Waals surface area contributed by atoms with Crippen LogP contribution in [0.15, 0.2) is 25.3 Å². The summed E-state index contributed by atoms with van der Waals surface area (Å²) in [5.74, 6) is 0.919.